The summed E-state index contributed by atoms with van der Waals surface area (Å²) in [6.07, 6.45) is -4.44. The van der Waals surface area contributed by atoms with Crippen LogP contribution < -0.4 is 20.5 Å². The zero-order valence-corrected chi connectivity index (χ0v) is 17.2. The van der Waals surface area contributed by atoms with Gasteiger partial charge in [0.15, 0.2) is 5.82 Å². The molecule has 0 atom stereocenters. The van der Waals surface area contributed by atoms with E-state index in [4.69, 9.17) is 15.2 Å². The smallest absolute Gasteiger partial charge is 0.416 e. The molecule has 0 saturated carbocycles. The van der Waals surface area contributed by atoms with E-state index in [2.05, 4.69) is 30.5 Å². The Morgan fingerprint density at radius 2 is 1.85 bits per heavy atom. The van der Waals surface area contributed by atoms with Gasteiger partial charge in [0.05, 0.1) is 12.2 Å². The van der Waals surface area contributed by atoms with Crippen LogP contribution in [0.2, 0.25) is 0 Å². The fourth-order valence-electron chi connectivity index (χ4n) is 2.84. The van der Waals surface area contributed by atoms with Crippen molar-refractivity contribution in [3.8, 4) is 29.0 Å². The molecule has 0 bridgehead atoms. The first kappa shape index (κ1) is 21.9. The van der Waals surface area contributed by atoms with E-state index in [1.165, 1.54) is 18.2 Å². The molecule has 2 heterocycles. The van der Waals surface area contributed by atoms with Crippen LogP contribution in [0.25, 0.3) is 11.4 Å². The number of nitrogens with one attached hydrogen (secondary N) is 2. The fraction of sp³-hybridized carbons (Fsp3) is 0.143. The number of anilines is 3. The third-order valence-corrected chi connectivity index (χ3v) is 4.24. The maximum atomic E-state index is 12.9. The molecule has 0 radical (unpaired) electrons. The van der Waals surface area contributed by atoms with E-state index in [1.54, 1.807) is 31.2 Å². The zero-order chi connectivity index (χ0) is 23.4. The summed E-state index contributed by atoms with van der Waals surface area (Å²) in [5.74, 6) is 1.33. The molecular weight excluding hydrogens is 439 g/mol. The number of hydrogen-bond acceptors (Lipinski definition) is 8. The van der Waals surface area contributed by atoms with E-state index < -0.39 is 11.7 Å². The van der Waals surface area contributed by atoms with E-state index in [9.17, 15) is 13.2 Å². The quantitative estimate of drug-likeness (QED) is 0.362. The van der Waals surface area contributed by atoms with Crippen molar-refractivity contribution in [3.05, 3.63) is 60.2 Å². The summed E-state index contributed by atoms with van der Waals surface area (Å²) in [7, 11) is 0. The van der Waals surface area contributed by atoms with Crippen molar-refractivity contribution >= 4 is 17.5 Å². The molecule has 4 aromatic rings. The minimum absolute atomic E-state index is 0.101. The highest BCUT2D eigenvalue weighted by atomic mass is 19.4. The Kier molecular flexibility index (Phi) is 5.98. The summed E-state index contributed by atoms with van der Waals surface area (Å²) in [4.78, 5) is 12.4. The average Bonchev–Trinajstić information content (AvgIpc) is 3.22. The summed E-state index contributed by atoms with van der Waals surface area (Å²) >= 11 is 0. The molecule has 0 amide bonds. The second kappa shape index (κ2) is 9.02. The highest BCUT2D eigenvalue weighted by Gasteiger charge is 2.30. The van der Waals surface area contributed by atoms with Gasteiger partial charge in [-0.15, -0.1) is 5.10 Å². The lowest BCUT2D eigenvalue weighted by Gasteiger charge is -2.08. The van der Waals surface area contributed by atoms with Crippen LogP contribution in [0, 0.1) is 0 Å². The Hall–Kier alpha value is -4.35. The molecule has 0 aliphatic rings. The molecule has 0 fully saturated rings. The Bertz CT molecular complexity index is 1260. The number of benzene rings is 2. The number of aromatic amines is 1. The molecule has 2 aromatic carbocycles. The van der Waals surface area contributed by atoms with Crippen molar-refractivity contribution in [2.24, 2.45) is 0 Å². The predicted octanol–water partition coefficient (Wildman–Crippen LogP) is 4.80. The van der Waals surface area contributed by atoms with Gasteiger partial charge in [-0.25, -0.2) is 0 Å². The summed E-state index contributed by atoms with van der Waals surface area (Å²) in [5, 5.41) is 9.52. The predicted molar refractivity (Wildman–Crippen MR) is 114 cm³/mol. The summed E-state index contributed by atoms with van der Waals surface area (Å²) < 4.78 is 49.8. The van der Waals surface area contributed by atoms with Crippen LogP contribution in [0.4, 0.5) is 30.6 Å². The molecule has 33 heavy (non-hydrogen) atoms. The van der Waals surface area contributed by atoms with E-state index >= 15 is 0 Å². The van der Waals surface area contributed by atoms with Gasteiger partial charge in [0.2, 0.25) is 11.8 Å². The highest BCUT2D eigenvalue weighted by molar-refractivity contribution is 5.61. The third kappa shape index (κ3) is 5.47. The minimum Gasteiger partial charge on any atom is -0.464 e. The normalized spacial score (nSPS) is 11.3. The van der Waals surface area contributed by atoms with Crippen molar-refractivity contribution in [1.82, 2.24) is 25.1 Å². The average molecular weight is 457 g/mol. The van der Waals surface area contributed by atoms with Crippen LogP contribution in [0.15, 0.2) is 54.6 Å². The molecule has 0 aliphatic heterocycles. The number of alkyl halides is 3. The van der Waals surface area contributed by atoms with E-state index in [-0.39, 0.29) is 29.3 Å². The molecule has 170 valence electrons. The minimum atomic E-state index is -4.44. The second-order valence-corrected chi connectivity index (χ2v) is 6.69. The fourth-order valence-corrected chi connectivity index (χ4v) is 2.84. The van der Waals surface area contributed by atoms with Gasteiger partial charge in [0.25, 0.3) is 0 Å². The summed E-state index contributed by atoms with van der Waals surface area (Å²) in [6, 6.07) is 13.2. The second-order valence-electron chi connectivity index (χ2n) is 6.69. The number of H-pyrrole nitrogens is 1. The van der Waals surface area contributed by atoms with Gasteiger partial charge in [0, 0.05) is 17.3 Å². The molecule has 12 heteroatoms. The largest absolute Gasteiger partial charge is 0.464 e. The maximum absolute atomic E-state index is 12.9. The number of ether oxygens (including phenoxy) is 2. The summed E-state index contributed by atoms with van der Waals surface area (Å²) in [6.45, 7) is 2.17. The number of hydrogen-bond donors (Lipinski definition) is 3. The van der Waals surface area contributed by atoms with Crippen molar-refractivity contribution in [2.45, 2.75) is 13.1 Å². The lowest BCUT2D eigenvalue weighted by atomic mass is 10.2. The Morgan fingerprint density at radius 1 is 1.03 bits per heavy atom. The molecule has 4 rings (SSSR count). The van der Waals surface area contributed by atoms with Gasteiger partial charge in [-0.05, 0) is 37.3 Å². The van der Waals surface area contributed by atoms with Crippen LogP contribution in [-0.4, -0.2) is 31.8 Å². The molecule has 2 aromatic heterocycles. The van der Waals surface area contributed by atoms with Gasteiger partial charge < -0.3 is 20.5 Å². The van der Waals surface area contributed by atoms with Gasteiger partial charge in [-0.3, -0.25) is 5.10 Å². The van der Waals surface area contributed by atoms with Gasteiger partial charge in [0.1, 0.15) is 11.6 Å². The van der Waals surface area contributed by atoms with Crippen LogP contribution in [0.5, 0.6) is 17.6 Å². The standard InChI is InChI=1S/C21H18F3N7O2/c1-2-32-20-27-16(25)11-17(28-20)33-15-8-3-5-12(9-15)18-29-19(31-30-18)26-14-7-4-6-13(10-14)21(22,23)24/h3-11H,2H2,1H3,(H2,25,27,28)(H2,26,29,30,31). The Balaban J connectivity index is 1.51. The monoisotopic (exact) mass is 457 g/mol. The molecule has 0 unspecified atom stereocenters. The molecule has 4 N–H and O–H groups in total. The van der Waals surface area contributed by atoms with Crippen molar-refractivity contribution < 1.29 is 22.6 Å². The van der Waals surface area contributed by atoms with Crippen molar-refractivity contribution in [1.29, 1.82) is 0 Å². The zero-order valence-electron chi connectivity index (χ0n) is 17.2. The number of nitrogens with zero attached hydrogens (tertiary/aromatic N) is 4. The highest BCUT2D eigenvalue weighted by Crippen LogP contribution is 2.31. The molecular formula is C21H18F3N7O2. The molecule has 9 nitrogen and oxygen atoms in total. The Morgan fingerprint density at radius 3 is 2.64 bits per heavy atom. The first-order chi connectivity index (χ1) is 15.8. The first-order valence-electron chi connectivity index (χ1n) is 9.72. The van der Waals surface area contributed by atoms with Gasteiger partial charge in [-0.2, -0.15) is 28.1 Å². The first-order valence-corrected chi connectivity index (χ1v) is 9.72. The van der Waals surface area contributed by atoms with Crippen LogP contribution in [0.3, 0.4) is 0 Å². The molecule has 0 aliphatic carbocycles. The number of nitrogens with two attached hydrogens (primary N) is 1. The van der Waals surface area contributed by atoms with E-state index in [0.29, 0.717) is 23.7 Å². The van der Waals surface area contributed by atoms with Crippen molar-refractivity contribution in [2.75, 3.05) is 17.7 Å². The van der Waals surface area contributed by atoms with Crippen molar-refractivity contribution in [3.63, 3.8) is 0 Å². The number of rotatable bonds is 7. The lowest BCUT2D eigenvalue weighted by Crippen LogP contribution is -2.05. The topological polar surface area (TPSA) is 124 Å². The SMILES string of the molecule is CCOc1nc(N)cc(Oc2cccc(-c3nc(Nc4cccc(C(F)(F)F)c4)n[nH]3)c2)n1. The Labute approximate surface area is 185 Å². The van der Waals surface area contributed by atoms with E-state index in [0.717, 1.165) is 12.1 Å². The molecule has 0 spiro atoms. The lowest BCUT2D eigenvalue weighted by molar-refractivity contribution is -0.137. The van der Waals surface area contributed by atoms with Crippen LogP contribution >= 0.6 is 0 Å². The third-order valence-electron chi connectivity index (χ3n) is 4.24. The maximum Gasteiger partial charge on any atom is 0.416 e. The van der Waals surface area contributed by atoms with Gasteiger partial charge >= 0.3 is 12.2 Å². The molecule has 0 saturated heterocycles. The van der Waals surface area contributed by atoms with E-state index in [1.807, 2.05) is 0 Å². The van der Waals surface area contributed by atoms with Gasteiger partial charge in [-0.1, -0.05) is 18.2 Å². The summed E-state index contributed by atoms with van der Waals surface area (Å²) in [5.41, 5.74) is 5.82. The van der Waals surface area contributed by atoms with Crippen LogP contribution in [0.1, 0.15) is 12.5 Å². The number of aromatic nitrogens is 5. The number of nitrogen functional groups attached to an aromatic ring is 1. The number of halogens is 3. The van der Waals surface area contributed by atoms with Crippen LogP contribution in [-0.2, 0) is 6.18 Å².